The Balaban J connectivity index is 1.72. The lowest BCUT2D eigenvalue weighted by atomic mass is 9.85. The first kappa shape index (κ1) is 22.4. The van der Waals surface area contributed by atoms with Crippen LogP contribution < -0.4 is 0 Å². The summed E-state index contributed by atoms with van der Waals surface area (Å²) in [5, 5.41) is 0. The Morgan fingerprint density at radius 2 is 1.53 bits per heavy atom. The molecule has 1 fully saturated rings. The van der Waals surface area contributed by atoms with Crippen molar-refractivity contribution >= 4 is 19.8 Å². The summed E-state index contributed by atoms with van der Waals surface area (Å²) in [7, 11) is -1.32. The molecule has 30 heavy (non-hydrogen) atoms. The number of benzene rings is 2. The average Bonchev–Trinajstić information content (AvgIpc) is 2.68. The molecule has 4 nitrogen and oxygen atoms in total. The number of ketones is 1. The topological polar surface area (TPSA) is 52.6 Å². The predicted molar refractivity (Wildman–Crippen MR) is 121 cm³/mol. The maximum Gasteiger partial charge on any atom is 0.319 e. The molecule has 1 heterocycles. The zero-order chi connectivity index (χ0) is 21.6. The smallest absolute Gasteiger partial charge is 0.319 e. The summed E-state index contributed by atoms with van der Waals surface area (Å²) in [6.07, 6.45) is 0.705. The molecule has 0 spiro atoms. The Labute approximate surface area is 180 Å². The van der Waals surface area contributed by atoms with E-state index >= 15 is 0 Å². The number of carbonyl (C=O) groups excluding carboxylic acids is 2. The van der Waals surface area contributed by atoms with Crippen molar-refractivity contribution in [1.29, 1.82) is 0 Å². The Morgan fingerprint density at radius 3 is 2.10 bits per heavy atom. The van der Waals surface area contributed by atoms with Gasteiger partial charge in [-0.25, -0.2) is 0 Å². The highest BCUT2D eigenvalue weighted by molar-refractivity contribution is 6.76. The zero-order valence-corrected chi connectivity index (χ0v) is 19.2. The van der Waals surface area contributed by atoms with E-state index in [9.17, 15) is 9.59 Å². The molecule has 1 saturated heterocycles. The summed E-state index contributed by atoms with van der Waals surface area (Å²) in [6, 6.07) is 20.8. The molecule has 2 aromatic carbocycles. The van der Waals surface area contributed by atoms with Gasteiger partial charge in [-0.3, -0.25) is 9.59 Å². The van der Waals surface area contributed by atoms with Gasteiger partial charge in [-0.15, -0.1) is 0 Å². The summed E-state index contributed by atoms with van der Waals surface area (Å²) in [5.41, 5.74) is 2.18. The third kappa shape index (κ3) is 6.64. The van der Waals surface area contributed by atoms with Crippen molar-refractivity contribution in [1.82, 2.24) is 0 Å². The van der Waals surface area contributed by atoms with E-state index in [1.165, 1.54) is 0 Å². The Morgan fingerprint density at radius 1 is 0.967 bits per heavy atom. The van der Waals surface area contributed by atoms with E-state index in [0.717, 1.165) is 17.2 Å². The average molecular weight is 425 g/mol. The summed E-state index contributed by atoms with van der Waals surface area (Å²) in [5.74, 6) is -1.35. The number of ether oxygens (including phenoxy) is 2. The molecule has 0 aliphatic carbocycles. The number of Topliss-reactive ketones (excluding diaryl/α,β-unsaturated/α-hetero) is 1. The van der Waals surface area contributed by atoms with Crippen LogP contribution in [0.1, 0.15) is 17.5 Å². The molecule has 5 heteroatoms. The fourth-order valence-electron chi connectivity index (χ4n) is 3.77. The lowest BCUT2D eigenvalue weighted by molar-refractivity contribution is -0.168. The van der Waals surface area contributed by atoms with E-state index < -0.39 is 26.1 Å². The van der Waals surface area contributed by atoms with Crippen LogP contribution in [0.5, 0.6) is 0 Å². The predicted octanol–water partition coefficient (Wildman–Crippen LogP) is 4.70. The Bertz CT molecular complexity index is 829. The van der Waals surface area contributed by atoms with Crippen molar-refractivity contribution in [2.45, 2.75) is 57.2 Å². The molecule has 0 amide bonds. The SMILES string of the molecule is C[Si](C)(C)CCOC(=O)[C@H]1C(=O)C[C@H](Cc2ccccc2)O[C@@H]1Cc1ccccc1. The third-order valence-corrected chi connectivity index (χ3v) is 7.16. The van der Waals surface area contributed by atoms with Gasteiger partial charge < -0.3 is 9.47 Å². The Kier molecular flexibility index (Phi) is 7.62. The highest BCUT2D eigenvalue weighted by atomic mass is 28.3. The molecule has 1 aliphatic heterocycles. The van der Waals surface area contributed by atoms with Crippen LogP contribution in [0.4, 0.5) is 0 Å². The van der Waals surface area contributed by atoms with Crippen molar-refractivity contribution < 1.29 is 19.1 Å². The minimum absolute atomic E-state index is 0.0684. The molecule has 0 unspecified atom stereocenters. The second-order valence-electron chi connectivity index (χ2n) is 9.30. The van der Waals surface area contributed by atoms with Gasteiger partial charge >= 0.3 is 5.97 Å². The fraction of sp³-hybridized carbons (Fsp3) is 0.440. The van der Waals surface area contributed by atoms with Crippen molar-refractivity contribution in [3.63, 3.8) is 0 Å². The van der Waals surface area contributed by atoms with Gasteiger partial charge in [-0.2, -0.15) is 0 Å². The third-order valence-electron chi connectivity index (χ3n) is 5.45. The fourth-order valence-corrected chi connectivity index (χ4v) is 4.49. The molecule has 160 valence electrons. The molecule has 3 atom stereocenters. The highest BCUT2D eigenvalue weighted by Crippen LogP contribution is 2.28. The maximum atomic E-state index is 13.0. The normalized spacial score (nSPS) is 22.0. The minimum atomic E-state index is -1.32. The highest BCUT2D eigenvalue weighted by Gasteiger charge is 2.43. The first-order valence-corrected chi connectivity index (χ1v) is 14.5. The van der Waals surface area contributed by atoms with E-state index in [0.29, 0.717) is 19.4 Å². The Hall–Kier alpha value is -2.24. The standard InChI is InChI=1S/C25H32O4Si/c1-30(2,3)15-14-28-25(27)24-22(26)18-21(16-19-10-6-4-7-11-19)29-23(24)17-20-12-8-5-9-13-20/h4-13,21,23-24H,14-18H2,1-3H3/t21-,23+,24-/m0/s1. The first-order valence-electron chi connectivity index (χ1n) is 10.7. The summed E-state index contributed by atoms with van der Waals surface area (Å²) < 4.78 is 11.9. The van der Waals surface area contributed by atoms with Crippen LogP contribution in [0.15, 0.2) is 60.7 Å². The quantitative estimate of drug-likeness (QED) is 0.350. The van der Waals surface area contributed by atoms with E-state index in [1.54, 1.807) is 0 Å². The first-order chi connectivity index (χ1) is 14.3. The number of esters is 1. The molecule has 0 aromatic heterocycles. The number of hydrogen-bond acceptors (Lipinski definition) is 4. The number of carbonyl (C=O) groups is 2. The van der Waals surface area contributed by atoms with Crippen LogP contribution in [0.25, 0.3) is 0 Å². The van der Waals surface area contributed by atoms with Gasteiger partial charge in [-0.1, -0.05) is 80.3 Å². The van der Waals surface area contributed by atoms with Gasteiger partial charge in [0.05, 0.1) is 18.8 Å². The molecule has 0 radical (unpaired) electrons. The molecule has 0 bridgehead atoms. The van der Waals surface area contributed by atoms with Gasteiger partial charge in [-0.05, 0) is 30.0 Å². The molecule has 3 rings (SSSR count). The molecule has 0 N–H and O–H groups in total. The van der Waals surface area contributed by atoms with Crippen molar-refractivity contribution in [2.24, 2.45) is 5.92 Å². The summed E-state index contributed by atoms with van der Waals surface area (Å²) in [4.78, 5) is 25.9. The van der Waals surface area contributed by atoms with Gasteiger partial charge in [0.15, 0.2) is 5.78 Å². The van der Waals surface area contributed by atoms with E-state index in [-0.39, 0.29) is 18.3 Å². The monoisotopic (exact) mass is 424 g/mol. The van der Waals surface area contributed by atoms with Crippen LogP contribution in [-0.4, -0.2) is 38.6 Å². The molecular formula is C25H32O4Si. The van der Waals surface area contributed by atoms with Gasteiger partial charge in [0.25, 0.3) is 0 Å². The molecule has 1 aliphatic rings. The van der Waals surface area contributed by atoms with E-state index in [2.05, 4.69) is 19.6 Å². The van der Waals surface area contributed by atoms with E-state index in [1.807, 2.05) is 60.7 Å². The van der Waals surface area contributed by atoms with Crippen LogP contribution in [0, 0.1) is 5.92 Å². The van der Waals surface area contributed by atoms with Crippen LogP contribution >= 0.6 is 0 Å². The van der Waals surface area contributed by atoms with Gasteiger partial charge in [0.2, 0.25) is 0 Å². The lowest BCUT2D eigenvalue weighted by Gasteiger charge is -2.35. The number of hydrogen-bond donors (Lipinski definition) is 0. The van der Waals surface area contributed by atoms with Crippen molar-refractivity contribution in [3.05, 3.63) is 71.8 Å². The molecule has 2 aromatic rings. The minimum Gasteiger partial charge on any atom is -0.465 e. The zero-order valence-electron chi connectivity index (χ0n) is 18.2. The largest absolute Gasteiger partial charge is 0.465 e. The van der Waals surface area contributed by atoms with Crippen molar-refractivity contribution in [2.75, 3.05) is 6.61 Å². The number of rotatable bonds is 8. The van der Waals surface area contributed by atoms with Crippen LogP contribution in [-0.2, 0) is 31.9 Å². The molecule has 0 saturated carbocycles. The molecular weight excluding hydrogens is 392 g/mol. The second kappa shape index (κ2) is 10.2. The van der Waals surface area contributed by atoms with Crippen LogP contribution in [0.3, 0.4) is 0 Å². The second-order valence-corrected chi connectivity index (χ2v) is 14.9. The van der Waals surface area contributed by atoms with Gasteiger partial charge in [0, 0.05) is 14.5 Å². The van der Waals surface area contributed by atoms with Crippen molar-refractivity contribution in [3.8, 4) is 0 Å². The summed E-state index contributed by atoms with van der Waals surface area (Å²) in [6.45, 7) is 7.09. The summed E-state index contributed by atoms with van der Waals surface area (Å²) >= 11 is 0. The van der Waals surface area contributed by atoms with Crippen LogP contribution in [0.2, 0.25) is 25.7 Å². The van der Waals surface area contributed by atoms with Gasteiger partial charge in [0.1, 0.15) is 5.92 Å². The van der Waals surface area contributed by atoms with E-state index in [4.69, 9.17) is 9.47 Å². The maximum absolute atomic E-state index is 13.0. The lowest BCUT2D eigenvalue weighted by Crippen LogP contribution is -2.48.